The SMILES string of the molecule is COC(=O)Cc1cc(C#N)c(Br)cc1OC(F)F. The van der Waals surface area contributed by atoms with Crippen molar-refractivity contribution in [2.24, 2.45) is 0 Å². The molecule has 96 valence electrons. The molecular formula is C11H8BrF2NO3. The van der Waals surface area contributed by atoms with Gasteiger partial charge in [-0.05, 0) is 28.1 Å². The van der Waals surface area contributed by atoms with Crippen LogP contribution in [0.2, 0.25) is 0 Å². The van der Waals surface area contributed by atoms with Crippen LogP contribution in [0.4, 0.5) is 8.78 Å². The van der Waals surface area contributed by atoms with Crippen molar-refractivity contribution in [1.29, 1.82) is 5.26 Å². The number of carbonyl (C=O) groups excluding carboxylic acids is 1. The highest BCUT2D eigenvalue weighted by atomic mass is 79.9. The summed E-state index contributed by atoms with van der Waals surface area (Å²) in [6.45, 7) is -3.01. The third-order valence-electron chi connectivity index (χ3n) is 2.05. The van der Waals surface area contributed by atoms with Gasteiger partial charge in [0, 0.05) is 10.0 Å². The molecule has 0 aliphatic heterocycles. The van der Waals surface area contributed by atoms with E-state index in [9.17, 15) is 13.6 Å². The maximum atomic E-state index is 12.2. The number of alkyl halides is 2. The van der Waals surface area contributed by atoms with E-state index in [1.807, 2.05) is 6.07 Å². The van der Waals surface area contributed by atoms with Crippen LogP contribution in [-0.4, -0.2) is 19.7 Å². The van der Waals surface area contributed by atoms with Crippen molar-refractivity contribution in [3.8, 4) is 11.8 Å². The Balaban J connectivity index is 3.17. The lowest BCUT2D eigenvalue weighted by molar-refractivity contribution is -0.139. The van der Waals surface area contributed by atoms with Crippen molar-refractivity contribution < 1.29 is 23.0 Å². The minimum atomic E-state index is -3.01. The van der Waals surface area contributed by atoms with Crippen molar-refractivity contribution in [1.82, 2.24) is 0 Å². The predicted octanol–water partition coefficient (Wildman–Crippen LogP) is 2.64. The van der Waals surface area contributed by atoms with E-state index in [1.165, 1.54) is 19.2 Å². The van der Waals surface area contributed by atoms with E-state index < -0.39 is 12.6 Å². The molecule has 0 radical (unpaired) electrons. The third kappa shape index (κ3) is 3.67. The molecule has 1 aromatic carbocycles. The zero-order chi connectivity index (χ0) is 13.7. The number of esters is 1. The lowest BCUT2D eigenvalue weighted by Crippen LogP contribution is -2.09. The van der Waals surface area contributed by atoms with Crippen LogP contribution in [0.25, 0.3) is 0 Å². The largest absolute Gasteiger partial charge is 0.469 e. The Labute approximate surface area is 110 Å². The van der Waals surface area contributed by atoms with Gasteiger partial charge in [0.1, 0.15) is 11.8 Å². The lowest BCUT2D eigenvalue weighted by atomic mass is 10.1. The van der Waals surface area contributed by atoms with E-state index in [4.69, 9.17) is 5.26 Å². The maximum Gasteiger partial charge on any atom is 0.387 e. The molecule has 0 aromatic heterocycles. The van der Waals surface area contributed by atoms with E-state index in [2.05, 4.69) is 25.4 Å². The van der Waals surface area contributed by atoms with Crippen molar-refractivity contribution in [3.05, 3.63) is 27.7 Å². The van der Waals surface area contributed by atoms with Crippen LogP contribution >= 0.6 is 15.9 Å². The number of benzene rings is 1. The van der Waals surface area contributed by atoms with Gasteiger partial charge < -0.3 is 9.47 Å². The molecule has 0 spiro atoms. The monoisotopic (exact) mass is 319 g/mol. The Morgan fingerprint density at radius 2 is 2.22 bits per heavy atom. The van der Waals surface area contributed by atoms with Crippen molar-refractivity contribution >= 4 is 21.9 Å². The molecule has 0 saturated heterocycles. The van der Waals surface area contributed by atoms with Crippen LogP contribution in [0, 0.1) is 11.3 Å². The molecule has 0 N–H and O–H groups in total. The number of ether oxygens (including phenoxy) is 2. The van der Waals surface area contributed by atoms with Gasteiger partial charge in [0.15, 0.2) is 0 Å². The summed E-state index contributed by atoms with van der Waals surface area (Å²) in [5, 5.41) is 8.82. The normalized spacial score (nSPS) is 10.0. The van der Waals surface area contributed by atoms with Gasteiger partial charge in [-0.25, -0.2) is 0 Å². The van der Waals surface area contributed by atoms with Gasteiger partial charge in [-0.1, -0.05) is 0 Å². The van der Waals surface area contributed by atoms with Gasteiger partial charge >= 0.3 is 12.6 Å². The van der Waals surface area contributed by atoms with Crippen LogP contribution in [-0.2, 0) is 16.0 Å². The second kappa shape index (κ2) is 6.31. The standard InChI is InChI=1S/C11H8BrF2NO3/c1-17-10(16)3-6-2-7(5-15)8(12)4-9(6)18-11(13)14/h2,4,11H,3H2,1H3. The van der Waals surface area contributed by atoms with Crippen molar-refractivity contribution in [2.75, 3.05) is 7.11 Å². The van der Waals surface area contributed by atoms with Crippen LogP contribution in [0.1, 0.15) is 11.1 Å². The van der Waals surface area contributed by atoms with Crippen LogP contribution in [0.3, 0.4) is 0 Å². The highest BCUT2D eigenvalue weighted by Gasteiger charge is 2.16. The van der Waals surface area contributed by atoms with E-state index >= 15 is 0 Å². The molecular weight excluding hydrogens is 312 g/mol. The number of hydrogen-bond donors (Lipinski definition) is 0. The number of methoxy groups -OCH3 is 1. The Hall–Kier alpha value is -1.68. The van der Waals surface area contributed by atoms with Crippen molar-refractivity contribution in [2.45, 2.75) is 13.0 Å². The van der Waals surface area contributed by atoms with E-state index in [1.54, 1.807) is 0 Å². The van der Waals surface area contributed by atoms with Gasteiger partial charge in [-0.2, -0.15) is 14.0 Å². The topological polar surface area (TPSA) is 59.3 Å². The number of carbonyl (C=O) groups is 1. The molecule has 7 heteroatoms. The summed E-state index contributed by atoms with van der Waals surface area (Å²) in [4.78, 5) is 11.1. The minimum absolute atomic E-state index is 0.165. The predicted molar refractivity (Wildman–Crippen MR) is 61.2 cm³/mol. The zero-order valence-electron chi connectivity index (χ0n) is 9.25. The summed E-state index contributed by atoms with van der Waals surface area (Å²) in [6, 6.07) is 4.39. The molecule has 1 aromatic rings. The van der Waals surface area contributed by atoms with E-state index in [0.29, 0.717) is 4.47 Å². The summed E-state index contributed by atoms with van der Waals surface area (Å²) in [5.41, 5.74) is 0.386. The minimum Gasteiger partial charge on any atom is -0.469 e. The first-order valence-electron chi connectivity index (χ1n) is 4.72. The van der Waals surface area contributed by atoms with Crippen molar-refractivity contribution in [3.63, 3.8) is 0 Å². The number of rotatable bonds is 4. The summed E-state index contributed by atoms with van der Waals surface area (Å²) in [6.07, 6.45) is -0.249. The molecule has 0 amide bonds. The second-order valence-electron chi connectivity index (χ2n) is 3.18. The Morgan fingerprint density at radius 3 is 2.72 bits per heavy atom. The van der Waals surface area contributed by atoms with Gasteiger partial charge in [0.25, 0.3) is 0 Å². The van der Waals surface area contributed by atoms with Crippen LogP contribution in [0.5, 0.6) is 5.75 Å². The first-order valence-corrected chi connectivity index (χ1v) is 5.51. The fourth-order valence-corrected chi connectivity index (χ4v) is 1.67. The smallest absolute Gasteiger partial charge is 0.387 e. The quantitative estimate of drug-likeness (QED) is 0.800. The molecule has 0 unspecified atom stereocenters. The van der Waals surface area contributed by atoms with E-state index in [0.717, 1.165) is 0 Å². The number of halogens is 3. The first kappa shape index (κ1) is 14.4. The number of nitriles is 1. The molecule has 0 aliphatic carbocycles. The fraction of sp³-hybridized carbons (Fsp3) is 0.273. The molecule has 0 heterocycles. The average Bonchev–Trinajstić information content (AvgIpc) is 2.31. The first-order chi connectivity index (χ1) is 8.47. The molecule has 1 rings (SSSR count). The van der Waals surface area contributed by atoms with Crippen LogP contribution < -0.4 is 4.74 Å². The van der Waals surface area contributed by atoms with Crippen LogP contribution in [0.15, 0.2) is 16.6 Å². The zero-order valence-corrected chi connectivity index (χ0v) is 10.8. The average molecular weight is 320 g/mol. The molecule has 0 fully saturated rings. The summed E-state index contributed by atoms with van der Waals surface area (Å²) < 4.78 is 33.5. The van der Waals surface area contributed by atoms with Gasteiger partial charge in [0.2, 0.25) is 0 Å². The molecule has 0 atom stereocenters. The maximum absolute atomic E-state index is 12.2. The Morgan fingerprint density at radius 1 is 1.56 bits per heavy atom. The summed E-state index contributed by atoms with van der Waals surface area (Å²) in [5.74, 6) is -0.776. The Kier molecular flexibility index (Phi) is 5.04. The Bertz CT molecular complexity index is 500. The third-order valence-corrected chi connectivity index (χ3v) is 2.71. The second-order valence-corrected chi connectivity index (χ2v) is 4.04. The molecule has 0 bridgehead atoms. The van der Waals surface area contributed by atoms with Gasteiger partial charge in [-0.15, -0.1) is 0 Å². The fourth-order valence-electron chi connectivity index (χ4n) is 1.26. The molecule has 0 saturated carbocycles. The summed E-state index contributed by atoms with van der Waals surface area (Å²) in [7, 11) is 1.18. The molecule has 18 heavy (non-hydrogen) atoms. The highest BCUT2D eigenvalue weighted by molar-refractivity contribution is 9.10. The number of nitrogens with zero attached hydrogens (tertiary/aromatic N) is 1. The molecule has 0 aliphatic rings. The summed E-state index contributed by atoms with van der Waals surface area (Å²) >= 11 is 3.05. The van der Waals surface area contributed by atoms with Gasteiger partial charge in [-0.3, -0.25) is 4.79 Å². The molecule has 4 nitrogen and oxygen atoms in total. The van der Waals surface area contributed by atoms with E-state index in [-0.39, 0.29) is 23.3 Å². The van der Waals surface area contributed by atoms with Gasteiger partial charge in [0.05, 0.1) is 19.1 Å². The number of hydrogen-bond acceptors (Lipinski definition) is 4. The highest BCUT2D eigenvalue weighted by Crippen LogP contribution is 2.29. The lowest BCUT2D eigenvalue weighted by Gasteiger charge is -2.11.